The lowest BCUT2D eigenvalue weighted by atomic mass is 10.1. The Morgan fingerprint density at radius 2 is 1.66 bits per heavy atom. The Morgan fingerprint density at radius 1 is 0.969 bits per heavy atom. The number of phenolic OH excluding ortho intramolecular Hbond substituents is 1. The second kappa shape index (κ2) is 10.3. The maximum atomic E-state index is 12.5. The van der Waals surface area contributed by atoms with Gasteiger partial charge in [0.2, 0.25) is 0 Å². The molecule has 0 radical (unpaired) electrons. The number of halogens is 1. The molecule has 2 N–H and O–H groups in total. The Hall–Kier alpha value is -3.43. The first kappa shape index (κ1) is 21.8. The zero-order chi connectivity index (χ0) is 22.3. The summed E-state index contributed by atoms with van der Waals surface area (Å²) in [6, 6.07) is 23.9. The molecule has 0 saturated heterocycles. The number of benzene rings is 3. The molecule has 0 atom stereocenters. The summed E-state index contributed by atoms with van der Waals surface area (Å²) in [7, 11) is 0. The van der Waals surface area contributed by atoms with Crippen LogP contribution in [0, 0.1) is 0 Å². The highest BCUT2D eigenvalue weighted by Crippen LogP contribution is 2.36. The van der Waals surface area contributed by atoms with E-state index in [1.807, 2.05) is 54.6 Å². The van der Waals surface area contributed by atoms with Gasteiger partial charge in [0, 0.05) is 25.1 Å². The molecule has 3 aromatic carbocycles. The normalized spacial score (nSPS) is 10.7. The number of nitrogens with zero attached hydrogens (tertiary/aromatic N) is 2. The van der Waals surface area contributed by atoms with Crippen LogP contribution in [0.4, 0.5) is 16.0 Å². The van der Waals surface area contributed by atoms with Gasteiger partial charge >= 0.3 is 5.97 Å². The summed E-state index contributed by atoms with van der Waals surface area (Å²) in [6.07, 6.45) is 1.67. The van der Waals surface area contributed by atoms with Gasteiger partial charge in [-0.15, -0.1) is 0 Å². The predicted octanol–water partition coefficient (Wildman–Crippen LogP) is 6.00. The molecule has 6 nitrogen and oxygen atoms in total. The molecule has 0 aliphatic heterocycles. The van der Waals surface area contributed by atoms with Gasteiger partial charge in [-0.2, -0.15) is 0 Å². The highest BCUT2D eigenvalue weighted by Gasteiger charge is 2.20. The smallest absolute Gasteiger partial charge is 0.368 e. The minimum atomic E-state index is -1.01. The molecular weight excluding hydrogens is 449 g/mol. The lowest BCUT2D eigenvalue weighted by Crippen LogP contribution is -2.24. The Balaban J connectivity index is 1.66. The van der Waals surface area contributed by atoms with Crippen LogP contribution in [0.2, 0.25) is 0 Å². The van der Waals surface area contributed by atoms with Crippen LogP contribution in [-0.2, 0) is 9.74 Å². The number of carbonyl (C=O) groups is 1. The highest BCUT2D eigenvalue weighted by atomic mass is 32.2. The van der Waals surface area contributed by atoms with Crippen molar-refractivity contribution in [3.8, 4) is 5.75 Å². The SMILES string of the molecule is O=C(CN(Sc1ccccc1)c1ncc(NSc2ccc(O)cc2)c2ccccc12)OF. The van der Waals surface area contributed by atoms with Crippen LogP contribution >= 0.6 is 23.9 Å². The summed E-state index contributed by atoms with van der Waals surface area (Å²) in [5, 5.41) is 11.1. The second-order valence-electron chi connectivity index (χ2n) is 6.63. The van der Waals surface area contributed by atoms with E-state index in [2.05, 4.69) is 14.6 Å². The van der Waals surface area contributed by atoms with Gasteiger partial charge in [-0.25, -0.2) is 9.78 Å². The van der Waals surface area contributed by atoms with Crippen LogP contribution in [0.15, 0.2) is 94.9 Å². The van der Waals surface area contributed by atoms with E-state index in [9.17, 15) is 14.4 Å². The maximum absolute atomic E-state index is 12.5. The monoisotopic (exact) mass is 467 g/mol. The molecule has 1 aromatic heterocycles. The highest BCUT2D eigenvalue weighted by molar-refractivity contribution is 8.01. The van der Waals surface area contributed by atoms with E-state index in [0.29, 0.717) is 5.82 Å². The van der Waals surface area contributed by atoms with Gasteiger partial charge in [0.1, 0.15) is 18.1 Å². The molecule has 0 fully saturated rings. The van der Waals surface area contributed by atoms with Crippen LogP contribution in [-0.4, -0.2) is 22.6 Å². The van der Waals surface area contributed by atoms with Gasteiger partial charge < -0.3 is 9.83 Å². The molecule has 0 amide bonds. The van der Waals surface area contributed by atoms with E-state index in [-0.39, 0.29) is 12.3 Å². The zero-order valence-corrected chi connectivity index (χ0v) is 18.3. The van der Waals surface area contributed by atoms with Crippen molar-refractivity contribution in [2.75, 3.05) is 15.6 Å². The van der Waals surface area contributed by atoms with Gasteiger partial charge in [-0.3, -0.25) is 9.25 Å². The number of aromatic hydroxyl groups is 1. The number of aromatic nitrogens is 1. The van der Waals surface area contributed by atoms with E-state index in [4.69, 9.17) is 0 Å². The van der Waals surface area contributed by atoms with Crippen LogP contribution < -0.4 is 9.03 Å². The lowest BCUT2D eigenvalue weighted by Gasteiger charge is -2.22. The fourth-order valence-corrected chi connectivity index (χ4v) is 4.58. The van der Waals surface area contributed by atoms with Crippen molar-refractivity contribution >= 4 is 52.1 Å². The van der Waals surface area contributed by atoms with E-state index in [0.717, 1.165) is 26.3 Å². The molecule has 0 bridgehead atoms. The van der Waals surface area contributed by atoms with Crippen molar-refractivity contribution in [3.63, 3.8) is 0 Å². The summed E-state index contributed by atoms with van der Waals surface area (Å²) in [5.74, 6) is -0.293. The number of hydrogen-bond acceptors (Lipinski definition) is 8. The molecule has 1 heterocycles. The first-order valence-electron chi connectivity index (χ1n) is 9.55. The molecule has 4 aromatic rings. The van der Waals surface area contributed by atoms with Crippen molar-refractivity contribution in [2.45, 2.75) is 9.79 Å². The lowest BCUT2D eigenvalue weighted by molar-refractivity contribution is -0.181. The number of nitrogens with one attached hydrogen (secondary N) is 1. The number of rotatable bonds is 8. The third-order valence-electron chi connectivity index (χ3n) is 4.44. The molecule has 0 aliphatic rings. The topological polar surface area (TPSA) is 74.7 Å². The summed E-state index contributed by atoms with van der Waals surface area (Å²) >= 11 is 2.66. The minimum absolute atomic E-state index is 0.202. The molecule has 0 saturated carbocycles. The first-order chi connectivity index (χ1) is 15.6. The van der Waals surface area contributed by atoms with Gasteiger partial charge in [0.15, 0.2) is 0 Å². The van der Waals surface area contributed by atoms with Gasteiger partial charge in [-0.05, 0) is 60.3 Å². The molecule has 32 heavy (non-hydrogen) atoms. The Morgan fingerprint density at radius 3 is 2.38 bits per heavy atom. The van der Waals surface area contributed by atoms with Crippen molar-refractivity contribution in [1.82, 2.24) is 4.98 Å². The molecule has 0 aliphatic carbocycles. The standard InChI is InChI=1S/C23H18FN3O3S2/c24-30-22(29)15-27(32-18-6-2-1-3-7-18)23-20-9-5-4-8-19(20)21(14-25-23)26-31-17-12-10-16(28)11-13-17/h1-14,26,28H,15H2. The van der Waals surface area contributed by atoms with Crippen molar-refractivity contribution in [3.05, 3.63) is 85.1 Å². The Kier molecular flexibility index (Phi) is 6.98. The van der Waals surface area contributed by atoms with Crippen LogP contribution in [0.5, 0.6) is 5.75 Å². The molecular formula is C23H18FN3O3S2. The van der Waals surface area contributed by atoms with Gasteiger partial charge in [0.25, 0.3) is 0 Å². The zero-order valence-electron chi connectivity index (χ0n) is 16.6. The number of pyridine rings is 1. The van der Waals surface area contributed by atoms with Crippen molar-refractivity contribution < 1.29 is 19.4 Å². The largest absolute Gasteiger partial charge is 0.508 e. The summed E-state index contributed by atoms with van der Waals surface area (Å²) in [4.78, 5) is 21.5. The number of anilines is 2. The number of hydrogen-bond donors (Lipinski definition) is 2. The average molecular weight is 468 g/mol. The third-order valence-corrected chi connectivity index (χ3v) is 6.28. The van der Waals surface area contributed by atoms with Crippen LogP contribution in [0.1, 0.15) is 0 Å². The number of carbonyl (C=O) groups excluding carboxylic acids is 1. The molecule has 162 valence electrons. The van der Waals surface area contributed by atoms with Gasteiger partial charge in [-0.1, -0.05) is 42.5 Å². The van der Waals surface area contributed by atoms with Crippen LogP contribution in [0.3, 0.4) is 0 Å². The molecule has 0 spiro atoms. The van der Waals surface area contributed by atoms with Crippen molar-refractivity contribution in [2.24, 2.45) is 0 Å². The maximum Gasteiger partial charge on any atom is 0.368 e. The first-order valence-corrected chi connectivity index (χ1v) is 11.1. The van der Waals surface area contributed by atoms with Gasteiger partial charge in [0.05, 0.1) is 11.9 Å². The minimum Gasteiger partial charge on any atom is -0.508 e. The summed E-state index contributed by atoms with van der Waals surface area (Å²) < 4.78 is 17.4. The fraction of sp³-hybridized carbons (Fsp3) is 0.0435. The summed E-state index contributed by atoms with van der Waals surface area (Å²) in [6.45, 7) is -0.317. The van der Waals surface area contributed by atoms with E-state index < -0.39 is 5.97 Å². The predicted molar refractivity (Wildman–Crippen MR) is 126 cm³/mol. The molecule has 4 rings (SSSR count). The quantitative estimate of drug-likeness (QED) is 0.306. The Labute approximate surface area is 192 Å². The molecule has 9 heteroatoms. The number of fused-ring (bicyclic) bond motifs is 1. The fourth-order valence-electron chi connectivity index (χ4n) is 2.99. The Bertz CT molecular complexity index is 1210. The van der Waals surface area contributed by atoms with Crippen LogP contribution in [0.25, 0.3) is 10.8 Å². The van der Waals surface area contributed by atoms with E-state index >= 15 is 0 Å². The molecule has 0 unspecified atom stereocenters. The average Bonchev–Trinajstić information content (AvgIpc) is 2.83. The van der Waals surface area contributed by atoms with Crippen molar-refractivity contribution in [1.29, 1.82) is 0 Å². The van der Waals surface area contributed by atoms with E-state index in [1.165, 1.54) is 23.9 Å². The third kappa shape index (κ3) is 5.24. The van der Waals surface area contributed by atoms with E-state index in [1.54, 1.807) is 34.8 Å². The summed E-state index contributed by atoms with van der Waals surface area (Å²) in [5.41, 5.74) is 0.778. The number of phenols is 1. The second-order valence-corrected chi connectivity index (χ2v) is 8.60.